The lowest BCUT2D eigenvalue weighted by Crippen LogP contribution is -2.48. The summed E-state index contributed by atoms with van der Waals surface area (Å²) in [6.07, 6.45) is 7.92. The third-order valence-corrected chi connectivity index (χ3v) is 6.22. The van der Waals surface area contributed by atoms with Gasteiger partial charge in [0, 0.05) is 17.7 Å². The number of urea groups is 1. The van der Waals surface area contributed by atoms with Crippen LogP contribution in [0.25, 0.3) is 0 Å². The number of hydrogen-bond donors (Lipinski definition) is 2. The van der Waals surface area contributed by atoms with Gasteiger partial charge in [0.1, 0.15) is 11.1 Å². The summed E-state index contributed by atoms with van der Waals surface area (Å²) in [7, 11) is 0. The highest BCUT2D eigenvalue weighted by atomic mass is 32.2. The smallest absolute Gasteiger partial charge is 0.340 e. The van der Waals surface area contributed by atoms with Crippen molar-refractivity contribution in [3.05, 3.63) is 22.9 Å². The lowest BCUT2D eigenvalue weighted by Gasteiger charge is -2.29. The van der Waals surface area contributed by atoms with E-state index in [1.165, 1.54) is 11.8 Å². The predicted molar refractivity (Wildman–Crippen MR) is 111 cm³/mol. The fraction of sp³-hybridized carbons (Fsp3) is 0.571. The molecular weight excluding hydrogens is 404 g/mol. The van der Waals surface area contributed by atoms with E-state index in [0.29, 0.717) is 16.9 Å². The summed E-state index contributed by atoms with van der Waals surface area (Å²) >= 11 is 1.29. The van der Waals surface area contributed by atoms with Crippen LogP contribution in [0.1, 0.15) is 73.0 Å². The number of nitrogens with zero attached hydrogens (tertiary/aromatic N) is 2. The van der Waals surface area contributed by atoms with Crippen molar-refractivity contribution in [2.24, 2.45) is 5.92 Å². The minimum Gasteiger partial charge on any atom is -0.452 e. The Morgan fingerprint density at radius 3 is 2.63 bits per heavy atom. The Balaban J connectivity index is 1.57. The van der Waals surface area contributed by atoms with Gasteiger partial charge < -0.3 is 10.1 Å². The number of amides is 3. The van der Waals surface area contributed by atoms with Crippen molar-refractivity contribution in [1.29, 1.82) is 5.26 Å². The van der Waals surface area contributed by atoms with E-state index in [9.17, 15) is 19.6 Å². The van der Waals surface area contributed by atoms with Crippen LogP contribution in [0.2, 0.25) is 0 Å². The number of imide groups is 1. The molecule has 3 rings (SSSR count). The molecule has 0 spiro atoms. The second-order valence-electron chi connectivity index (χ2n) is 7.83. The topological polar surface area (TPSA) is 121 Å². The number of ether oxygens (including phenoxy) is 1. The van der Waals surface area contributed by atoms with E-state index in [1.807, 2.05) is 6.07 Å². The molecule has 0 bridgehead atoms. The van der Waals surface area contributed by atoms with Gasteiger partial charge in [-0.15, -0.1) is 11.8 Å². The SMILES string of the molecule is CSc1nc(C2CC2)cc(C(=O)OCC(=O)NC(=O)NC2CCCCC2C)c1C#N. The number of nitriles is 1. The Kier molecular flexibility index (Phi) is 7.32. The molecule has 1 heterocycles. The Bertz CT molecular complexity index is 878. The first-order chi connectivity index (χ1) is 14.4. The van der Waals surface area contributed by atoms with Crippen LogP contribution in [0.5, 0.6) is 0 Å². The molecule has 8 nitrogen and oxygen atoms in total. The van der Waals surface area contributed by atoms with Crippen molar-refractivity contribution < 1.29 is 19.1 Å². The normalized spacial score (nSPS) is 20.7. The zero-order valence-corrected chi connectivity index (χ0v) is 18.0. The highest BCUT2D eigenvalue weighted by Crippen LogP contribution is 2.40. The van der Waals surface area contributed by atoms with Gasteiger partial charge in [-0.05, 0) is 43.9 Å². The molecule has 2 fully saturated rings. The van der Waals surface area contributed by atoms with E-state index in [-0.39, 0.29) is 17.2 Å². The Hall–Kier alpha value is -2.60. The van der Waals surface area contributed by atoms with Crippen LogP contribution in [0.15, 0.2) is 11.1 Å². The molecule has 1 aromatic rings. The Morgan fingerprint density at radius 1 is 1.27 bits per heavy atom. The van der Waals surface area contributed by atoms with E-state index < -0.39 is 24.5 Å². The van der Waals surface area contributed by atoms with Gasteiger partial charge in [-0.25, -0.2) is 14.6 Å². The molecule has 2 atom stereocenters. The van der Waals surface area contributed by atoms with Gasteiger partial charge >= 0.3 is 12.0 Å². The van der Waals surface area contributed by atoms with E-state index in [4.69, 9.17) is 4.74 Å². The maximum atomic E-state index is 12.5. The number of carbonyl (C=O) groups excluding carboxylic acids is 3. The summed E-state index contributed by atoms with van der Waals surface area (Å²) in [6.45, 7) is 1.47. The number of aromatic nitrogens is 1. The fourth-order valence-electron chi connectivity index (χ4n) is 3.65. The number of rotatable bonds is 6. The van der Waals surface area contributed by atoms with E-state index in [1.54, 1.807) is 12.3 Å². The van der Waals surface area contributed by atoms with Gasteiger partial charge in [-0.1, -0.05) is 19.8 Å². The zero-order chi connectivity index (χ0) is 21.7. The first kappa shape index (κ1) is 22.1. The van der Waals surface area contributed by atoms with E-state index >= 15 is 0 Å². The fourth-order valence-corrected chi connectivity index (χ4v) is 4.21. The lowest BCUT2D eigenvalue weighted by atomic mass is 9.86. The van der Waals surface area contributed by atoms with Crippen molar-refractivity contribution in [1.82, 2.24) is 15.6 Å². The number of carbonyl (C=O) groups is 3. The van der Waals surface area contributed by atoms with Crippen LogP contribution >= 0.6 is 11.8 Å². The summed E-state index contributed by atoms with van der Waals surface area (Å²) in [4.78, 5) is 41.1. The maximum Gasteiger partial charge on any atom is 0.340 e. The first-order valence-electron chi connectivity index (χ1n) is 10.2. The third-order valence-electron chi connectivity index (χ3n) is 5.54. The second-order valence-corrected chi connectivity index (χ2v) is 8.63. The molecule has 3 amide bonds. The largest absolute Gasteiger partial charge is 0.452 e. The van der Waals surface area contributed by atoms with Crippen LogP contribution in [0, 0.1) is 17.2 Å². The number of nitrogens with one attached hydrogen (secondary N) is 2. The van der Waals surface area contributed by atoms with Gasteiger partial charge in [0.05, 0.1) is 11.1 Å². The summed E-state index contributed by atoms with van der Waals surface area (Å²) in [5.41, 5.74) is 1.00. The van der Waals surface area contributed by atoms with Crippen molar-refractivity contribution in [2.75, 3.05) is 12.9 Å². The highest BCUT2D eigenvalue weighted by molar-refractivity contribution is 7.98. The van der Waals surface area contributed by atoms with Crippen molar-refractivity contribution in [3.63, 3.8) is 0 Å². The molecule has 1 aromatic heterocycles. The van der Waals surface area contributed by atoms with Gasteiger partial charge in [-0.2, -0.15) is 5.26 Å². The molecule has 30 heavy (non-hydrogen) atoms. The minimum absolute atomic E-state index is 0.0370. The molecule has 2 N–H and O–H groups in total. The summed E-state index contributed by atoms with van der Waals surface area (Å²) in [6, 6.07) is 3.03. The molecule has 2 saturated carbocycles. The summed E-state index contributed by atoms with van der Waals surface area (Å²) in [5.74, 6) is -0.837. The Labute approximate surface area is 180 Å². The molecular formula is C21H26N4O4S. The first-order valence-corrected chi connectivity index (χ1v) is 11.4. The lowest BCUT2D eigenvalue weighted by molar-refractivity contribution is -0.123. The molecule has 0 radical (unpaired) electrons. The van der Waals surface area contributed by atoms with Crippen LogP contribution in [0.3, 0.4) is 0 Å². The molecule has 0 saturated heterocycles. The maximum absolute atomic E-state index is 12.5. The zero-order valence-electron chi connectivity index (χ0n) is 17.2. The molecule has 160 valence electrons. The second kappa shape index (κ2) is 9.94. The summed E-state index contributed by atoms with van der Waals surface area (Å²) in [5, 5.41) is 14.9. The Morgan fingerprint density at radius 2 is 2.00 bits per heavy atom. The van der Waals surface area contributed by atoms with Gasteiger partial charge in [0.25, 0.3) is 5.91 Å². The standard InChI is InChI=1S/C21H26N4O4S/c1-12-5-3-4-6-16(12)24-21(28)25-18(26)11-29-20(27)14-9-17(13-7-8-13)23-19(30-2)15(14)10-22/h9,12-13,16H,3-8,11H2,1-2H3,(H2,24,25,26,28). The monoisotopic (exact) mass is 430 g/mol. The van der Waals surface area contributed by atoms with E-state index in [2.05, 4.69) is 22.5 Å². The quantitative estimate of drug-likeness (QED) is 0.525. The van der Waals surface area contributed by atoms with Crippen LogP contribution < -0.4 is 10.6 Å². The number of hydrogen-bond acceptors (Lipinski definition) is 7. The van der Waals surface area contributed by atoms with Crippen molar-refractivity contribution >= 4 is 29.7 Å². The van der Waals surface area contributed by atoms with E-state index in [0.717, 1.165) is 44.2 Å². The molecule has 2 aliphatic carbocycles. The third kappa shape index (κ3) is 5.51. The molecule has 9 heteroatoms. The molecule has 2 aliphatic rings. The number of pyridine rings is 1. The molecule has 2 unspecified atom stereocenters. The molecule has 0 aliphatic heterocycles. The molecule has 0 aromatic carbocycles. The highest BCUT2D eigenvalue weighted by Gasteiger charge is 2.29. The predicted octanol–water partition coefficient (Wildman–Crippen LogP) is 3.11. The van der Waals surface area contributed by atoms with Crippen molar-refractivity contribution in [2.45, 2.75) is 62.4 Å². The number of thioether (sulfide) groups is 1. The van der Waals surface area contributed by atoms with Gasteiger partial charge in [-0.3, -0.25) is 10.1 Å². The summed E-state index contributed by atoms with van der Waals surface area (Å²) < 4.78 is 5.08. The average molecular weight is 431 g/mol. The van der Waals surface area contributed by atoms with Gasteiger partial charge in [0.15, 0.2) is 6.61 Å². The van der Waals surface area contributed by atoms with Crippen molar-refractivity contribution in [3.8, 4) is 6.07 Å². The average Bonchev–Trinajstić information content (AvgIpc) is 3.58. The minimum atomic E-state index is -0.775. The van der Waals surface area contributed by atoms with Crippen LogP contribution in [-0.2, 0) is 9.53 Å². The number of esters is 1. The van der Waals surface area contributed by atoms with Crippen LogP contribution in [0.4, 0.5) is 4.79 Å². The van der Waals surface area contributed by atoms with Gasteiger partial charge in [0.2, 0.25) is 0 Å². The van der Waals surface area contributed by atoms with Crippen LogP contribution in [-0.4, -0.2) is 41.8 Å².